The van der Waals surface area contributed by atoms with Crippen LogP contribution >= 0.6 is 0 Å². The molecular formula is C24H20N2O4. The van der Waals surface area contributed by atoms with Gasteiger partial charge in [-0.05, 0) is 53.8 Å². The van der Waals surface area contributed by atoms with Gasteiger partial charge in [-0.2, -0.15) is 0 Å². The lowest BCUT2D eigenvalue weighted by Crippen LogP contribution is -2.00. The Balaban J connectivity index is 1.71. The normalized spacial score (nSPS) is 11.0. The number of aliphatic hydroxyl groups excluding tert-OH is 1. The van der Waals surface area contributed by atoms with Gasteiger partial charge in [-0.3, -0.25) is 4.98 Å². The lowest BCUT2D eigenvalue weighted by Gasteiger charge is -2.10. The van der Waals surface area contributed by atoms with E-state index in [2.05, 4.69) is 9.97 Å². The molecule has 0 saturated heterocycles. The first-order valence-corrected chi connectivity index (χ1v) is 9.58. The van der Waals surface area contributed by atoms with Gasteiger partial charge in [-0.25, -0.2) is 9.78 Å². The average molecular weight is 400 g/mol. The number of aromatic nitrogens is 2. The second-order valence-corrected chi connectivity index (χ2v) is 7.01. The van der Waals surface area contributed by atoms with Gasteiger partial charge in [0.1, 0.15) is 5.75 Å². The Morgan fingerprint density at radius 2 is 1.73 bits per heavy atom. The van der Waals surface area contributed by atoms with Gasteiger partial charge in [-0.1, -0.05) is 30.3 Å². The average Bonchev–Trinajstić information content (AvgIpc) is 2.77. The smallest absolute Gasteiger partial charge is 0.336 e. The summed E-state index contributed by atoms with van der Waals surface area (Å²) in [6.45, 7) is 0.167. The lowest BCUT2D eigenvalue weighted by atomic mass is 9.98. The molecule has 0 aliphatic carbocycles. The van der Waals surface area contributed by atoms with Crippen molar-refractivity contribution in [2.75, 3.05) is 6.61 Å². The van der Waals surface area contributed by atoms with Crippen LogP contribution in [0.5, 0.6) is 5.75 Å². The standard InChI is InChI=1S/C24H20N2O4/c27-11-1-2-15-3-5-16(6-4-15)17-7-8-18(23(28)12-17)22-13-19(24(29)30)20-14-25-10-9-21(20)26-22/h3-10,12-14,27-28H,1-2,11H2,(H,29,30). The Bertz CT molecular complexity index is 1220. The van der Waals surface area contributed by atoms with E-state index >= 15 is 0 Å². The highest BCUT2D eigenvalue weighted by Crippen LogP contribution is 2.34. The number of aliphatic hydroxyl groups is 1. The van der Waals surface area contributed by atoms with Crippen LogP contribution in [0, 0.1) is 0 Å². The highest BCUT2D eigenvalue weighted by Gasteiger charge is 2.15. The molecule has 2 heterocycles. The van der Waals surface area contributed by atoms with E-state index in [-0.39, 0.29) is 17.9 Å². The summed E-state index contributed by atoms with van der Waals surface area (Å²) in [5, 5.41) is 29.6. The summed E-state index contributed by atoms with van der Waals surface area (Å²) in [4.78, 5) is 20.2. The summed E-state index contributed by atoms with van der Waals surface area (Å²) in [6.07, 6.45) is 4.57. The van der Waals surface area contributed by atoms with Crippen molar-refractivity contribution in [2.24, 2.45) is 0 Å². The topological polar surface area (TPSA) is 104 Å². The van der Waals surface area contributed by atoms with E-state index in [1.807, 2.05) is 30.3 Å². The molecule has 0 aliphatic heterocycles. The molecule has 6 heteroatoms. The molecule has 4 aromatic rings. The van der Waals surface area contributed by atoms with Crippen LogP contribution < -0.4 is 0 Å². The molecule has 3 N–H and O–H groups in total. The van der Waals surface area contributed by atoms with E-state index in [9.17, 15) is 15.0 Å². The zero-order valence-electron chi connectivity index (χ0n) is 16.1. The minimum Gasteiger partial charge on any atom is -0.507 e. The number of aromatic hydroxyl groups is 1. The first kappa shape index (κ1) is 19.5. The molecule has 0 radical (unpaired) electrons. The summed E-state index contributed by atoms with van der Waals surface area (Å²) < 4.78 is 0. The Morgan fingerprint density at radius 3 is 2.43 bits per heavy atom. The Kier molecular flexibility index (Phi) is 5.41. The van der Waals surface area contributed by atoms with Gasteiger partial charge in [0.05, 0.1) is 16.8 Å². The lowest BCUT2D eigenvalue weighted by molar-refractivity contribution is 0.0699. The van der Waals surface area contributed by atoms with Crippen molar-refractivity contribution in [3.05, 3.63) is 78.1 Å². The predicted octanol–water partition coefficient (Wildman–Crippen LogP) is 4.29. The summed E-state index contributed by atoms with van der Waals surface area (Å²) in [7, 11) is 0. The third-order valence-electron chi connectivity index (χ3n) is 5.03. The number of aryl methyl sites for hydroxylation is 1. The van der Waals surface area contributed by atoms with E-state index in [1.165, 1.54) is 12.3 Å². The number of carbonyl (C=O) groups is 1. The highest BCUT2D eigenvalue weighted by atomic mass is 16.4. The number of carboxylic acid groups (broad SMARTS) is 1. The molecular weight excluding hydrogens is 380 g/mol. The number of carboxylic acids is 1. The van der Waals surface area contributed by atoms with Gasteiger partial charge in [0, 0.05) is 30.0 Å². The summed E-state index contributed by atoms with van der Waals surface area (Å²) >= 11 is 0. The maximum Gasteiger partial charge on any atom is 0.336 e. The largest absolute Gasteiger partial charge is 0.507 e. The van der Waals surface area contributed by atoms with Gasteiger partial charge in [0.25, 0.3) is 0 Å². The van der Waals surface area contributed by atoms with Crippen molar-refractivity contribution in [3.8, 4) is 28.1 Å². The maximum atomic E-state index is 11.7. The molecule has 0 saturated carbocycles. The summed E-state index contributed by atoms with van der Waals surface area (Å²) in [5.74, 6) is -1.05. The predicted molar refractivity (Wildman–Crippen MR) is 114 cm³/mol. The van der Waals surface area contributed by atoms with E-state index in [0.29, 0.717) is 22.2 Å². The molecule has 2 aromatic carbocycles. The minimum atomic E-state index is -1.07. The second kappa shape index (κ2) is 8.31. The molecule has 0 aliphatic rings. The van der Waals surface area contributed by atoms with Gasteiger partial charge in [0.15, 0.2) is 0 Å². The van der Waals surface area contributed by atoms with Crippen molar-refractivity contribution in [2.45, 2.75) is 12.8 Å². The van der Waals surface area contributed by atoms with E-state index in [4.69, 9.17) is 5.11 Å². The number of pyridine rings is 2. The van der Waals surface area contributed by atoms with Crippen molar-refractivity contribution < 1.29 is 20.1 Å². The number of phenolic OH excluding ortho intramolecular Hbond substituents is 1. The zero-order chi connectivity index (χ0) is 21.1. The Hall–Kier alpha value is -3.77. The number of hydrogen-bond acceptors (Lipinski definition) is 5. The fraction of sp³-hybridized carbons (Fsp3) is 0.125. The van der Waals surface area contributed by atoms with Crippen LogP contribution in [0.4, 0.5) is 0 Å². The molecule has 150 valence electrons. The molecule has 0 bridgehead atoms. The summed E-state index contributed by atoms with van der Waals surface area (Å²) in [6, 6.07) is 16.3. The van der Waals surface area contributed by atoms with Crippen LogP contribution in [0.1, 0.15) is 22.3 Å². The molecule has 0 spiro atoms. The SMILES string of the molecule is O=C(O)c1cc(-c2ccc(-c3ccc(CCCO)cc3)cc2O)nc2ccncc12. The van der Waals surface area contributed by atoms with Crippen LogP contribution in [0.15, 0.2) is 67.0 Å². The number of phenols is 1. The van der Waals surface area contributed by atoms with Gasteiger partial charge in [0.2, 0.25) is 0 Å². The molecule has 0 atom stereocenters. The minimum absolute atomic E-state index is 0.0223. The number of hydrogen-bond donors (Lipinski definition) is 3. The van der Waals surface area contributed by atoms with E-state index in [0.717, 1.165) is 29.5 Å². The quantitative estimate of drug-likeness (QED) is 0.446. The van der Waals surface area contributed by atoms with Crippen LogP contribution in [-0.4, -0.2) is 37.9 Å². The number of aromatic carboxylic acids is 1. The first-order chi connectivity index (χ1) is 14.6. The van der Waals surface area contributed by atoms with Crippen LogP contribution in [0.2, 0.25) is 0 Å². The molecule has 0 unspecified atom stereocenters. The van der Waals surface area contributed by atoms with Crippen LogP contribution in [0.25, 0.3) is 33.3 Å². The first-order valence-electron chi connectivity index (χ1n) is 9.58. The highest BCUT2D eigenvalue weighted by molar-refractivity contribution is 6.03. The molecule has 2 aromatic heterocycles. The zero-order valence-corrected chi connectivity index (χ0v) is 16.1. The Labute approximate surface area is 173 Å². The monoisotopic (exact) mass is 400 g/mol. The third-order valence-corrected chi connectivity index (χ3v) is 5.03. The number of benzene rings is 2. The van der Waals surface area contributed by atoms with Crippen LogP contribution in [0.3, 0.4) is 0 Å². The molecule has 4 rings (SSSR count). The second-order valence-electron chi connectivity index (χ2n) is 7.01. The van der Waals surface area contributed by atoms with Gasteiger partial charge >= 0.3 is 5.97 Å². The van der Waals surface area contributed by atoms with Crippen LogP contribution in [-0.2, 0) is 6.42 Å². The fourth-order valence-electron chi connectivity index (χ4n) is 3.46. The number of nitrogens with zero attached hydrogens (tertiary/aromatic N) is 2. The molecule has 0 amide bonds. The third kappa shape index (κ3) is 3.86. The number of rotatable bonds is 6. The van der Waals surface area contributed by atoms with Gasteiger partial charge in [-0.15, -0.1) is 0 Å². The Morgan fingerprint density at radius 1 is 0.967 bits per heavy atom. The van der Waals surface area contributed by atoms with Crippen molar-refractivity contribution in [3.63, 3.8) is 0 Å². The van der Waals surface area contributed by atoms with Gasteiger partial charge < -0.3 is 15.3 Å². The molecule has 6 nitrogen and oxygen atoms in total. The fourth-order valence-corrected chi connectivity index (χ4v) is 3.46. The van der Waals surface area contributed by atoms with E-state index < -0.39 is 5.97 Å². The molecule has 0 fully saturated rings. The van der Waals surface area contributed by atoms with Crippen molar-refractivity contribution in [1.82, 2.24) is 9.97 Å². The summed E-state index contributed by atoms with van der Waals surface area (Å²) in [5.41, 5.74) is 4.37. The maximum absolute atomic E-state index is 11.7. The van der Waals surface area contributed by atoms with E-state index in [1.54, 1.807) is 24.4 Å². The number of fused-ring (bicyclic) bond motifs is 1. The van der Waals surface area contributed by atoms with Crippen molar-refractivity contribution >= 4 is 16.9 Å². The van der Waals surface area contributed by atoms with Crippen molar-refractivity contribution in [1.29, 1.82) is 0 Å². The molecule has 30 heavy (non-hydrogen) atoms.